The third-order valence-electron chi connectivity index (χ3n) is 4.13. The van der Waals surface area contributed by atoms with Gasteiger partial charge in [0.15, 0.2) is 0 Å². The van der Waals surface area contributed by atoms with Crippen LogP contribution in [0.25, 0.3) is 5.69 Å². The summed E-state index contributed by atoms with van der Waals surface area (Å²) in [6.07, 6.45) is 0.245. The van der Waals surface area contributed by atoms with Crippen LogP contribution in [0.4, 0.5) is 5.69 Å². The van der Waals surface area contributed by atoms with Crippen LogP contribution < -0.4 is 4.90 Å². The largest absolute Gasteiger partial charge is 0.508 e. The number of amides is 1. The number of anilines is 1. The molecule has 8 nitrogen and oxygen atoms in total. The predicted octanol–water partition coefficient (Wildman–Crippen LogP) is 3.02. The zero-order valence-corrected chi connectivity index (χ0v) is 16.9. The quantitative estimate of drug-likeness (QED) is 0.599. The van der Waals surface area contributed by atoms with Crippen molar-refractivity contribution in [1.82, 2.24) is 20.2 Å². The SMILES string of the molecule is Cc1cc(C)cc(N(CCC#N)C(=O)CSc2nnnn2-c2ccc(O)cc2)c1. The third kappa shape index (κ3) is 5.12. The molecule has 1 aromatic heterocycles. The topological polar surface area (TPSA) is 108 Å². The lowest BCUT2D eigenvalue weighted by atomic mass is 10.1. The molecule has 0 aliphatic carbocycles. The molecule has 0 spiro atoms. The van der Waals surface area contributed by atoms with Gasteiger partial charge in [-0.3, -0.25) is 4.79 Å². The number of phenols is 1. The number of nitrogens with zero attached hydrogens (tertiary/aromatic N) is 6. The van der Waals surface area contributed by atoms with Crippen LogP contribution >= 0.6 is 11.8 Å². The molecule has 0 bridgehead atoms. The van der Waals surface area contributed by atoms with Gasteiger partial charge in [-0.25, -0.2) is 0 Å². The third-order valence-corrected chi connectivity index (χ3v) is 5.03. The van der Waals surface area contributed by atoms with Crippen LogP contribution in [0.3, 0.4) is 0 Å². The van der Waals surface area contributed by atoms with Crippen LogP contribution in [-0.2, 0) is 4.79 Å². The Hall–Kier alpha value is -3.38. The Morgan fingerprint density at radius 1 is 1.21 bits per heavy atom. The van der Waals surface area contributed by atoms with E-state index in [1.165, 1.54) is 16.4 Å². The van der Waals surface area contributed by atoms with Crippen molar-refractivity contribution in [2.24, 2.45) is 0 Å². The van der Waals surface area contributed by atoms with E-state index < -0.39 is 0 Å². The Bertz CT molecular complexity index is 1020. The Kier molecular flexibility index (Phi) is 6.46. The molecule has 9 heteroatoms. The lowest BCUT2D eigenvalue weighted by Crippen LogP contribution is -2.33. The Labute approximate surface area is 172 Å². The van der Waals surface area contributed by atoms with Gasteiger partial charge in [0.25, 0.3) is 0 Å². The molecule has 2 aromatic carbocycles. The van der Waals surface area contributed by atoms with Gasteiger partial charge in [0.1, 0.15) is 5.75 Å². The van der Waals surface area contributed by atoms with Gasteiger partial charge in [-0.1, -0.05) is 17.8 Å². The minimum Gasteiger partial charge on any atom is -0.508 e. The first kappa shape index (κ1) is 20.4. The van der Waals surface area contributed by atoms with Crippen LogP contribution in [0.5, 0.6) is 5.75 Å². The summed E-state index contributed by atoms with van der Waals surface area (Å²) < 4.78 is 1.51. The highest BCUT2D eigenvalue weighted by molar-refractivity contribution is 7.99. The molecular weight excluding hydrogens is 388 g/mol. The van der Waals surface area contributed by atoms with Crippen molar-refractivity contribution in [1.29, 1.82) is 5.26 Å². The molecule has 0 aliphatic heterocycles. The van der Waals surface area contributed by atoms with E-state index in [9.17, 15) is 9.90 Å². The fourth-order valence-corrected chi connectivity index (χ4v) is 3.66. The van der Waals surface area contributed by atoms with Crippen molar-refractivity contribution < 1.29 is 9.90 Å². The van der Waals surface area contributed by atoms with E-state index in [0.29, 0.717) is 17.4 Å². The van der Waals surface area contributed by atoms with E-state index in [1.807, 2.05) is 32.0 Å². The van der Waals surface area contributed by atoms with Gasteiger partial charge < -0.3 is 10.0 Å². The summed E-state index contributed by atoms with van der Waals surface area (Å²) in [6, 6.07) is 14.5. The Morgan fingerprint density at radius 3 is 2.55 bits per heavy atom. The fourth-order valence-electron chi connectivity index (χ4n) is 2.90. The zero-order valence-electron chi connectivity index (χ0n) is 16.1. The average molecular weight is 408 g/mol. The van der Waals surface area contributed by atoms with E-state index in [4.69, 9.17) is 5.26 Å². The van der Waals surface area contributed by atoms with E-state index in [2.05, 4.69) is 21.6 Å². The number of hydrogen-bond acceptors (Lipinski definition) is 7. The molecule has 0 atom stereocenters. The highest BCUT2D eigenvalue weighted by Crippen LogP contribution is 2.23. The number of nitriles is 1. The number of aryl methyl sites for hydroxylation is 2. The molecular formula is C20H20N6O2S. The minimum atomic E-state index is -0.129. The van der Waals surface area contributed by atoms with Crippen molar-refractivity contribution in [3.05, 3.63) is 53.6 Å². The van der Waals surface area contributed by atoms with Gasteiger partial charge in [0, 0.05) is 12.2 Å². The zero-order chi connectivity index (χ0) is 20.8. The number of benzene rings is 2. The second-order valence-electron chi connectivity index (χ2n) is 6.48. The molecule has 1 heterocycles. The second-order valence-corrected chi connectivity index (χ2v) is 7.42. The number of aromatic hydroxyl groups is 1. The summed E-state index contributed by atoms with van der Waals surface area (Å²) in [7, 11) is 0. The van der Waals surface area contributed by atoms with Gasteiger partial charge in [-0.15, -0.1) is 5.10 Å². The highest BCUT2D eigenvalue weighted by Gasteiger charge is 2.19. The maximum Gasteiger partial charge on any atom is 0.237 e. The van der Waals surface area contributed by atoms with Crippen molar-refractivity contribution >= 4 is 23.4 Å². The van der Waals surface area contributed by atoms with Crippen LogP contribution in [0.1, 0.15) is 17.5 Å². The number of thioether (sulfide) groups is 1. The molecule has 3 rings (SSSR count). The van der Waals surface area contributed by atoms with Gasteiger partial charge >= 0.3 is 0 Å². The Balaban J connectivity index is 1.76. The summed E-state index contributed by atoms with van der Waals surface area (Å²) >= 11 is 1.22. The molecule has 1 amide bonds. The normalized spacial score (nSPS) is 10.5. The molecule has 3 aromatic rings. The molecule has 0 unspecified atom stereocenters. The summed E-state index contributed by atoms with van der Waals surface area (Å²) in [5.74, 6) is 0.139. The molecule has 0 saturated carbocycles. The number of rotatable bonds is 7. The van der Waals surface area contributed by atoms with Gasteiger partial charge in [0.2, 0.25) is 11.1 Å². The summed E-state index contributed by atoms with van der Waals surface area (Å²) in [5.41, 5.74) is 3.57. The molecule has 0 aliphatic rings. The van der Waals surface area contributed by atoms with Gasteiger partial charge in [-0.05, 0) is 71.8 Å². The second kappa shape index (κ2) is 9.21. The summed E-state index contributed by atoms with van der Waals surface area (Å²) in [5, 5.41) is 30.5. The lowest BCUT2D eigenvalue weighted by molar-refractivity contribution is -0.116. The number of aromatic nitrogens is 4. The number of carbonyl (C=O) groups is 1. The molecule has 1 N–H and O–H groups in total. The standard InChI is InChI=1S/C20H20N6O2S/c1-14-10-15(2)12-17(11-14)25(9-3-8-21)19(28)13-29-20-22-23-24-26(20)16-4-6-18(27)7-5-16/h4-7,10-12,27H,3,9,13H2,1-2H3. The maximum atomic E-state index is 12.9. The monoisotopic (exact) mass is 408 g/mol. The molecule has 148 valence electrons. The number of phenolic OH excluding ortho intramolecular Hbond substituents is 1. The molecule has 0 fully saturated rings. The average Bonchev–Trinajstić information content (AvgIpc) is 3.15. The number of hydrogen-bond donors (Lipinski definition) is 1. The first-order valence-corrected chi connectivity index (χ1v) is 9.92. The van der Waals surface area contributed by atoms with Crippen molar-refractivity contribution in [2.75, 3.05) is 17.2 Å². The smallest absolute Gasteiger partial charge is 0.237 e. The summed E-state index contributed by atoms with van der Waals surface area (Å²) in [4.78, 5) is 14.6. The van der Waals surface area contributed by atoms with Crippen LogP contribution in [0.2, 0.25) is 0 Å². The highest BCUT2D eigenvalue weighted by atomic mass is 32.2. The van der Waals surface area contributed by atoms with Gasteiger partial charge in [-0.2, -0.15) is 9.94 Å². The minimum absolute atomic E-state index is 0.122. The van der Waals surface area contributed by atoms with Crippen molar-refractivity contribution in [3.63, 3.8) is 0 Å². The maximum absolute atomic E-state index is 12.9. The van der Waals surface area contributed by atoms with Gasteiger partial charge in [0.05, 0.1) is 23.9 Å². The van der Waals surface area contributed by atoms with Crippen molar-refractivity contribution in [3.8, 4) is 17.5 Å². The van der Waals surface area contributed by atoms with Crippen molar-refractivity contribution in [2.45, 2.75) is 25.4 Å². The summed E-state index contributed by atoms with van der Waals surface area (Å²) in [6.45, 7) is 4.27. The van der Waals surface area contributed by atoms with Crippen LogP contribution in [-0.4, -0.2) is 43.5 Å². The van der Waals surface area contributed by atoms with E-state index in [0.717, 1.165) is 16.8 Å². The van der Waals surface area contributed by atoms with E-state index in [1.54, 1.807) is 29.2 Å². The van der Waals surface area contributed by atoms with E-state index in [-0.39, 0.29) is 23.8 Å². The molecule has 0 radical (unpaired) electrons. The van der Waals surface area contributed by atoms with Crippen LogP contribution in [0.15, 0.2) is 47.6 Å². The first-order chi connectivity index (χ1) is 14.0. The Morgan fingerprint density at radius 2 is 1.90 bits per heavy atom. The van der Waals surface area contributed by atoms with Crippen LogP contribution in [0, 0.1) is 25.2 Å². The fraction of sp³-hybridized carbons (Fsp3) is 0.250. The number of carbonyl (C=O) groups excluding carboxylic acids is 1. The molecule has 0 saturated heterocycles. The lowest BCUT2D eigenvalue weighted by Gasteiger charge is -2.22. The predicted molar refractivity (Wildman–Crippen MR) is 110 cm³/mol. The first-order valence-electron chi connectivity index (χ1n) is 8.94. The number of tetrazole rings is 1. The molecule has 29 heavy (non-hydrogen) atoms. The van der Waals surface area contributed by atoms with E-state index >= 15 is 0 Å².